The van der Waals surface area contributed by atoms with Crippen LogP contribution in [0.1, 0.15) is 16.1 Å². The number of carbonyl (C=O) groups excluding carboxylic acids is 1. The summed E-state index contributed by atoms with van der Waals surface area (Å²) in [6, 6.07) is 7.73. The van der Waals surface area contributed by atoms with Crippen LogP contribution in [0.4, 0.5) is 5.69 Å². The molecule has 5 nitrogen and oxygen atoms in total. The van der Waals surface area contributed by atoms with E-state index in [1.54, 1.807) is 19.1 Å². The zero-order valence-electron chi connectivity index (χ0n) is 10.5. The quantitative estimate of drug-likeness (QED) is 0.934. The van der Waals surface area contributed by atoms with Gasteiger partial charge in [0, 0.05) is 11.9 Å². The van der Waals surface area contributed by atoms with Gasteiger partial charge in [-0.3, -0.25) is 4.79 Å². The van der Waals surface area contributed by atoms with E-state index in [1.807, 2.05) is 0 Å². The molecule has 0 aliphatic heterocycles. The molecule has 0 aliphatic carbocycles. The SMILES string of the molecule is Cc1ccc(S(C)(=O)=O)cc1NC(=O)c1ccco1. The molecule has 0 saturated heterocycles. The maximum absolute atomic E-state index is 11.8. The molecule has 1 aromatic carbocycles. The van der Waals surface area contributed by atoms with Crippen molar-refractivity contribution in [1.82, 2.24) is 0 Å². The molecule has 0 aliphatic rings. The van der Waals surface area contributed by atoms with Gasteiger partial charge >= 0.3 is 0 Å². The molecular weight excluding hydrogens is 266 g/mol. The molecule has 0 fully saturated rings. The minimum atomic E-state index is -3.31. The number of benzene rings is 1. The third kappa shape index (κ3) is 3.03. The third-order valence-corrected chi connectivity index (χ3v) is 3.74. The highest BCUT2D eigenvalue weighted by atomic mass is 32.2. The molecule has 2 rings (SSSR count). The molecule has 1 N–H and O–H groups in total. The summed E-state index contributed by atoms with van der Waals surface area (Å²) in [4.78, 5) is 12.0. The first-order valence-electron chi connectivity index (χ1n) is 5.53. The van der Waals surface area contributed by atoms with E-state index in [0.717, 1.165) is 11.8 Å². The van der Waals surface area contributed by atoms with Gasteiger partial charge in [0.1, 0.15) is 0 Å². The molecule has 0 radical (unpaired) electrons. The van der Waals surface area contributed by atoms with Gasteiger partial charge in [0.05, 0.1) is 11.2 Å². The van der Waals surface area contributed by atoms with Gasteiger partial charge in [0.2, 0.25) is 0 Å². The van der Waals surface area contributed by atoms with Crippen LogP contribution >= 0.6 is 0 Å². The van der Waals surface area contributed by atoms with Crippen molar-refractivity contribution in [2.45, 2.75) is 11.8 Å². The second-order valence-electron chi connectivity index (χ2n) is 4.18. The summed E-state index contributed by atoms with van der Waals surface area (Å²) < 4.78 is 27.9. The van der Waals surface area contributed by atoms with Crippen LogP contribution in [0.3, 0.4) is 0 Å². The van der Waals surface area contributed by atoms with E-state index in [2.05, 4.69) is 5.32 Å². The highest BCUT2D eigenvalue weighted by Crippen LogP contribution is 2.21. The van der Waals surface area contributed by atoms with E-state index in [0.29, 0.717) is 5.69 Å². The summed E-state index contributed by atoms with van der Waals surface area (Å²) in [5.74, 6) is -0.247. The van der Waals surface area contributed by atoms with E-state index in [-0.39, 0.29) is 10.7 Å². The molecule has 100 valence electrons. The molecule has 1 aromatic heterocycles. The highest BCUT2D eigenvalue weighted by Gasteiger charge is 2.13. The van der Waals surface area contributed by atoms with E-state index in [9.17, 15) is 13.2 Å². The highest BCUT2D eigenvalue weighted by molar-refractivity contribution is 7.90. The molecule has 6 heteroatoms. The molecule has 1 amide bonds. The Balaban J connectivity index is 2.32. The minimum Gasteiger partial charge on any atom is -0.459 e. The lowest BCUT2D eigenvalue weighted by Gasteiger charge is -2.08. The Bertz CT molecular complexity index is 702. The largest absolute Gasteiger partial charge is 0.459 e. The van der Waals surface area contributed by atoms with Crippen LogP contribution in [-0.4, -0.2) is 20.6 Å². The summed E-state index contributed by atoms with van der Waals surface area (Å²) in [7, 11) is -3.31. The van der Waals surface area contributed by atoms with Gasteiger partial charge in [-0.05, 0) is 36.8 Å². The molecular formula is C13H13NO4S. The number of aryl methyl sites for hydroxylation is 1. The number of rotatable bonds is 3. The van der Waals surface area contributed by atoms with E-state index >= 15 is 0 Å². The van der Waals surface area contributed by atoms with Crippen molar-refractivity contribution in [1.29, 1.82) is 0 Å². The smallest absolute Gasteiger partial charge is 0.291 e. The zero-order chi connectivity index (χ0) is 14.0. The van der Waals surface area contributed by atoms with Gasteiger partial charge in [-0.2, -0.15) is 0 Å². The molecule has 2 aromatic rings. The number of anilines is 1. The fourth-order valence-electron chi connectivity index (χ4n) is 1.56. The van der Waals surface area contributed by atoms with Crippen LogP contribution in [0.5, 0.6) is 0 Å². The van der Waals surface area contributed by atoms with Crippen LogP contribution < -0.4 is 5.32 Å². The Kier molecular flexibility index (Phi) is 3.44. The molecule has 0 unspecified atom stereocenters. The Morgan fingerprint density at radius 3 is 2.58 bits per heavy atom. The topological polar surface area (TPSA) is 76.4 Å². The monoisotopic (exact) mass is 279 g/mol. The molecule has 0 spiro atoms. The van der Waals surface area contributed by atoms with Gasteiger partial charge in [0.15, 0.2) is 15.6 Å². The predicted octanol–water partition coefficient (Wildman–Crippen LogP) is 2.24. The summed E-state index contributed by atoms with van der Waals surface area (Å²) in [5.41, 5.74) is 1.22. The van der Waals surface area contributed by atoms with Crippen molar-refractivity contribution in [3.05, 3.63) is 47.9 Å². The first-order chi connectivity index (χ1) is 8.88. The van der Waals surface area contributed by atoms with Crippen molar-refractivity contribution >= 4 is 21.4 Å². The number of hydrogen-bond acceptors (Lipinski definition) is 4. The third-order valence-electron chi connectivity index (χ3n) is 2.63. The number of nitrogens with one attached hydrogen (secondary N) is 1. The Morgan fingerprint density at radius 1 is 1.26 bits per heavy atom. The van der Waals surface area contributed by atoms with Gasteiger partial charge in [0.25, 0.3) is 5.91 Å². The first kappa shape index (κ1) is 13.4. The average Bonchev–Trinajstić information content (AvgIpc) is 2.84. The molecule has 19 heavy (non-hydrogen) atoms. The van der Waals surface area contributed by atoms with Gasteiger partial charge in [-0.1, -0.05) is 6.07 Å². The second kappa shape index (κ2) is 4.89. The van der Waals surface area contributed by atoms with Crippen LogP contribution in [0.15, 0.2) is 45.9 Å². The van der Waals surface area contributed by atoms with Crippen LogP contribution in [0.25, 0.3) is 0 Å². The number of amides is 1. The lowest BCUT2D eigenvalue weighted by atomic mass is 10.2. The number of furan rings is 1. The number of sulfone groups is 1. The van der Waals surface area contributed by atoms with Crippen molar-refractivity contribution in [3.8, 4) is 0 Å². The zero-order valence-corrected chi connectivity index (χ0v) is 11.3. The molecule has 0 saturated carbocycles. The van der Waals surface area contributed by atoms with Crippen LogP contribution in [-0.2, 0) is 9.84 Å². The maximum atomic E-state index is 11.8. The standard InChI is InChI=1S/C13H13NO4S/c1-9-5-6-10(19(2,16)17)8-11(9)14-13(15)12-4-3-7-18-12/h3-8H,1-2H3,(H,14,15). The van der Waals surface area contributed by atoms with Crippen molar-refractivity contribution in [3.63, 3.8) is 0 Å². The Hall–Kier alpha value is -2.08. The fourth-order valence-corrected chi connectivity index (χ4v) is 2.21. The van der Waals surface area contributed by atoms with Crippen LogP contribution in [0, 0.1) is 6.92 Å². The number of carbonyl (C=O) groups is 1. The lowest BCUT2D eigenvalue weighted by Crippen LogP contribution is -2.12. The molecule has 0 atom stereocenters. The van der Waals surface area contributed by atoms with Crippen molar-refractivity contribution in [2.24, 2.45) is 0 Å². The summed E-state index contributed by atoms with van der Waals surface area (Å²) in [6.07, 6.45) is 2.52. The predicted molar refractivity (Wildman–Crippen MR) is 71.0 cm³/mol. The van der Waals surface area contributed by atoms with Gasteiger partial charge < -0.3 is 9.73 Å². The molecule has 1 heterocycles. The second-order valence-corrected chi connectivity index (χ2v) is 6.20. The van der Waals surface area contributed by atoms with Crippen molar-refractivity contribution < 1.29 is 17.6 Å². The normalized spacial score (nSPS) is 11.3. The van der Waals surface area contributed by atoms with E-state index < -0.39 is 15.7 Å². The Morgan fingerprint density at radius 2 is 2.00 bits per heavy atom. The summed E-state index contributed by atoms with van der Waals surface area (Å²) in [5, 5.41) is 2.63. The summed E-state index contributed by atoms with van der Waals surface area (Å²) >= 11 is 0. The number of hydrogen-bond donors (Lipinski definition) is 1. The average molecular weight is 279 g/mol. The van der Waals surface area contributed by atoms with Crippen LogP contribution in [0.2, 0.25) is 0 Å². The summed E-state index contributed by atoms with van der Waals surface area (Å²) in [6.45, 7) is 1.78. The fraction of sp³-hybridized carbons (Fsp3) is 0.154. The molecule has 0 bridgehead atoms. The lowest BCUT2D eigenvalue weighted by molar-refractivity contribution is 0.0996. The van der Waals surface area contributed by atoms with Crippen molar-refractivity contribution in [2.75, 3.05) is 11.6 Å². The minimum absolute atomic E-state index is 0.160. The first-order valence-corrected chi connectivity index (χ1v) is 7.42. The van der Waals surface area contributed by atoms with E-state index in [1.165, 1.54) is 24.5 Å². The maximum Gasteiger partial charge on any atom is 0.291 e. The Labute approximate surface area is 111 Å². The van der Waals surface area contributed by atoms with Gasteiger partial charge in [-0.25, -0.2) is 8.42 Å². The van der Waals surface area contributed by atoms with E-state index in [4.69, 9.17) is 4.42 Å². The van der Waals surface area contributed by atoms with Gasteiger partial charge in [-0.15, -0.1) is 0 Å².